The Morgan fingerprint density at radius 3 is 2.69 bits per heavy atom. The first-order chi connectivity index (χ1) is 15.5. The normalized spacial score (nSPS) is 23.7. The smallest absolute Gasteiger partial charge is 0.289 e. The van der Waals surface area contributed by atoms with Gasteiger partial charge in [0.1, 0.15) is 11.6 Å². The van der Waals surface area contributed by atoms with Gasteiger partial charge >= 0.3 is 0 Å². The second kappa shape index (κ2) is 8.64. The second-order valence-corrected chi connectivity index (χ2v) is 9.64. The highest BCUT2D eigenvalue weighted by Gasteiger charge is 2.41. The summed E-state index contributed by atoms with van der Waals surface area (Å²) in [6.45, 7) is 2.01. The lowest BCUT2D eigenvalue weighted by molar-refractivity contribution is 0.0766. The molecule has 2 aliphatic heterocycles. The van der Waals surface area contributed by atoms with Crippen molar-refractivity contribution < 1.29 is 14.0 Å². The largest absolute Gasteiger partial charge is 0.347 e. The lowest BCUT2D eigenvalue weighted by Gasteiger charge is -2.27. The fraction of sp³-hybridized carbons (Fsp3) is 0.583. The molecule has 2 aromatic rings. The number of likely N-dealkylation sites (tertiary alicyclic amines) is 1. The number of benzene rings is 1. The second-order valence-electron chi connectivity index (χ2n) is 9.64. The van der Waals surface area contributed by atoms with Gasteiger partial charge in [0.25, 0.3) is 11.8 Å². The van der Waals surface area contributed by atoms with E-state index in [-0.39, 0.29) is 23.3 Å². The monoisotopic (exact) mass is 439 g/mol. The Bertz CT molecular complexity index is 1020. The number of nitrogens with zero attached hydrogens (tertiary/aromatic N) is 4. The highest BCUT2D eigenvalue weighted by Crippen LogP contribution is 2.41. The van der Waals surface area contributed by atoms with Gasteiger partial charge in [-0.2, -0.15) is 0 Å². The Kier molecular flexibility index (Phi) is 5.69. The molecule has 170 valence electrons. The molecule has 1 spiro atoms. The molecule has 32 heavy (non-hydrogen) atoms. The summed E-state index contributed by atoms with van der Waals surface area (Å²) in [5, 5.41) is 11.7. The summed E-state index contributed by atoms with van der Waals surface area (Å²) in [4.78, 5) is 27.6. The van der Waals surface area contributed by atoms with Crippen LogP contribution in [0, 0.1) is 11.2 Å². The minimum absolute atomic E-state index is 0.000795. The molecule has 1 saturated carbocycles. The van der Waals surface area contributed by atoms with Crippen molar-refractivity contribution in [1.29, 1.82) is 0 Å². The number of aromatic nitrogens is 3. The van der Waals surface area contributed by atoms with Gasteiger partial charge in [-0.25, -0.2) is 4.39 Å². The Morgan fingerprint density at radius 1 is 1.06 bits per heavy atom. The molecule has 5 rings (SSSR count). The number of hydrogen-bond acceptors (Lipinski definition) is 4. The fourth-order valence-electron chi connectivity index (χ4n) is 5.59. The van der Waals surface area contributed by atoms with E-state index in [4.69, 9.17) is 0 Å². The highest BCUT2D eigenvalue weighted by atomic mass is 19.1. The quantitative estimate of drug-likeness (QED) is 0.795. The van der Waals surface area contributed by atoms with Crippen molar-refractivity contribution in [2.45, 2.75) is 70.4 Å². The van der Waals surface area contributed by atoms with Gasteiger partial charge in [-0.05, 0) is 55.7 Å². The van der Waals surface area contributed by atoms with Gasteiger partial charge in [-0.1, -0.05) is 25.3 Å². The van der Waals surface area contributed by atoms with Crippen molar-refractivity contribution in [1.82, 2.24) is 25.0 Å². The lowest BCUT2D eigenvalue weighted by Crippen LogP contribution is -2.37. The van der Waals surface area contributed by atoms with Gasteiger partial charge in [-0.15, -0.1) is 10.2 Å². The van der Waals surface area contributed by atoms with Crippen LogP contribution in [0.15, 0.2) is 24.3 Å². The Morgan fingerprint density at radius 2 is 1.88 bits per heavy atom. The van der Waals surface area contributed by atoms with Crippen molar-refractivity contribution >= 4 is 11.8 Å². The van der Waals surface area contributed by atoms with Crippen molar-refractivity contribution in [2.24, 2.45) is 5.41 Å². The van der Waals surface area contributed by atoms with E-state index >= 15 is 0 Å². The summed E-state index contributed by atoms with van der Waals surface area (Å²) in [6.07, 6.45) is 9.06. The maximum Gasteiger partial charge on any atom is 0.289 e. The third kappa shape index (κ3) is 4.14. The van der Waals surface area contributed by atoms with Gasteiger partial charge in [0.15, 0.2) is 0 Å². The van der Waals surface area contributed by atoms with Gasteiger partial charge < -0.3 is 14.8 Å². The number of carbonyl (C=O) groups excluding carboxylic acids is 2. The zero-order chi connectivity index (χ0) is 22.1. The predicted octanol–water partition coefficient (Wildman–Crippen LogP) is 3.35. The van der Waals surface area contributed by atoms with Crippen LogP contribution < -0.4 is 5.32 Å². The molecule has 3 heterocycles. The fourth-order valence-corrected chi connectivity index (χ4v) is 5.59. The summed E-state index contributed by atoms with van der Waals surface area (Å²) in [5.41, 5.74) is 0.398. The third-order valence-corrected chi connectivity index (χ3v) is 7.51. The minimum Gasteiger partial charge on any atom is -0.347 e. The van der Waals surface area contributed by atoms with Crippen molar-refractivity contribution in [3.05, 3.63) is 47.3 Å². The molecule has 1 atom stereocenters. The standard InChI is InChI=1S/C24H30FN5O2/c25-18-6-4-5-17(15-18)23(32)29-13-11-24(16-29)10-9-20-27-28-21(30(20)14-12-24)22(31)26-19-7-2-1-3-8-19/h4-6,15,19H,1-3,7-14,16H2,(H,26,31)/t24-/m1/s1. The minimum atomic E-state index is -0.392. The maximum atomic E-state index is 13.6. The molecule has 2 amide bonds. The molecule has 1 N–H and O–H groups in total. The predicted molar refractivity (Wildman–Crippen MR) is 117 cm³/mol. The summed E-state index contributed by atoms with van der Waals surface area (Å²) < 4.78 is 15.5. The van der Waals surface area contributed by atoms with E-state index < -0.39 is 5.82 Å². The molecule has 0 radical (unpaired) electrons. The van der Waals surface area contributed by atoms with Crippen LogP contribution in [-0.2, 0) is 13.0 Å². The van der Waals surface area contributed by atoms with Crippen molar-refractivity contribution in [2.75, 3.05) is 13.1 Å². The number of aryl methyl sites for hydroxylation is 1. The van der Waals surface area contributed by atoms with Crippen molar-refractivity contribution in [3.8, 4) is 0 Å². The van der Waals surface area contributed by atoms with Crippen molar-refractivity contribution in [3.63, 3.8) is 0 Å². The molecule has 1 saturated heterocycles. The van der Waals surface area contributed by atoms with E-state index in [1.54, 1.807) is 12.1 Å². The average Bonchev–Trinajstić information content (AvgIpc) is 3.36. The molecule has 8 heteroatoms. The van der Waals surface area contributed by atoms with Gasteiger partial charge in [-0.3, -0.25) is 9.59 Å². The molecule has 1 aliphatic carbocycles. The van der Waals surface area contributed by atoms with E-state index in [1.165, 1.54) is 18.6 Å². The van der Waals surface area contributed by atoms with Crippen LogP contribution in [0.1, 0.15) is 78.2 Å². The first kappa shape index (κ1) is 21.1. The van der Waals surface area contributed by atoms with Gasteiger partial charge in [0.2, 0.25) is 5.82 Å². The Balaban J connectivity index is 1.25. The Hall–Kier alpha value is -2.77. The van der Waals surface area contributed by atoms with E-state index in [0.717, 1.165) is 57.2 Å². The topological polar surface area (TPSA) is 80.1 Å². The molecule has 1 aromatic carbocycles. The van der Waals surface area contributed by atoms with Gasteiger partial charge in [0.05, 0.1) is 0 Å². The molecule has 0 bridgehead atoms. The van der Waals surface area contributed by atoms with Crippen LogP contribution in [0.4, 0.5) is 4.39 Å². The molecule has 7 nitrogen and oxygen atoms in total. The molecule has 1 aromatic heterocycles. The van der Waals surface area contributed by atoms with Crippen LogP contribution in [-0.4, -0.2) is 50.6 Å². The number of nitrogens with one attached hydrogen (secondary N) is 1. The Labute approximate surface area is 187 Å². The molecule has 2 fully saturated rings. The molecule has 0 unspecified atom stereocenters. The van der Waals surface area contributed by atoms with Crippen LogP contribution in [0.3, 0.4) is 0 Å². The number of rotatable bonds is 3. The molecular weight excluding hydrogens is 409 g/mol. The van der Waals surface area contributed by atoms with Crippen LogP contribution in [0.25, 0.3) is 0 Å². The summed E-state index contributed by atoms with van der Waals surface area (Å²) in [6, 6.07) is 6.14. The average molecular weight is 440 g/mol. The number of carbonyl (C=O) groups is 2. The summed E-state index contributed by atoms with van der Waals surface area (Å²) in [7, 11) is 0. The maximum absolute atomic E-state index is 13.6. The lowest BCUT2D eigenvalue weighted by atomic mass is 9.80. The number of fused-ring (bicyclic) bond motifs is 1. The van der Waals surface area contributed by atoms with Gasteiger partial charge in [0, 0.05) is 37.7 Å². The van der Waals surface area contributed by atoms with E-state index in [0.29, 0.717) is 31.0 Å². The van der Waals surface area contributed by atoms with Crippen LogP contribution in [0.5, 0.6) is 0 Å². The van der Waals surface area contributed by atoms with E-state index in [2.05, 4.69) is 15.5 Å². The third-order valence-electron chi connectivity index (χ3n) is 7.51. The first-order valence-corrected chi connectivity index (χ1v) is 11.8. The zero-order valence-corrected chi connectivity index (χ0v) is 18.4. The highest BCUT2D eigenvalue weighted by molar-refractivity contribution is 5.94. The number of halogens is 1. The van der Waals surface area contributed by atoms with Crippen LogP contribution in [0.2, 0.25) is 0 Å². The van der Waals surface area contributed by atoms with E-state index in [9.17, 15) is 14.0 Å². The summed E-state index contributed by atoms with van der Waals surface area (Å²) in [5.74, 6) is 0.633. The molecule has 3 aliphatic rings. The first-order valence-electron chi connectivity index (χ1n) is 11.8. The SMILES string of the molecule is O=C(NC1CCCCC1)c1nnc2n1CC[C@@]1(CC2)CCN(C(=O)c2cccc(F)c2)C1. The summed E-state index contributed by atoms with van der Waals surface area (Å²) >= 11 is 0. The number of amides is 2. The zero-order valence-electron chi connectivity index (χ0n) is 18.4. The van der Waals surface area contributed by atoms with E-state index in [1.807, 2.05) is 9.47 Å². The number of hydrogen-bond donors (Lipinski definition) is 1. The molecular formula is C24H30FN5O2. The van der Waals surface area contributed by atoms with Crippen LogP contribution >= 0.6 is 0 Å².